The number of para-hydroxylation sites is 3. The minimum absolute atomic E-state index is 0.669. The highest BCUT2D eigenvalue weighted by Crippen LogP contribution is 2.45. The highest BCUT2D eigenvalue weighted by atomic mass is 16.3. The molecule has 0 fully saturated rings. The van der Waals surface area contributed by atoms with Crippen molar-refractivity contribution in [1.29, 1.82) is 0 Å². The zero-order valence-electron chi connectivity index (χ0n) is 25.8. The van der Waals surface area contributed by atoms with Crippen LogP contribution in [-0.2, 0) is 0 Å². The van der Waals surface area contributed by atoms with E-state index in [1.807, 2.05) is 24.3 Å². The molecule has 10 aromatic rings. The molecule has 0 amide bonds. The van der Waals surface area contributed by atoms with E-state index in [1.165, 1.54) is 5.39 Å². The zero-order chi connectivity index (χ0) is 31.6. The molecule has 0 aliphatic heterocycles. The SMILES string of the molecule is c1ccc(-c2cc(-c3ccccc3)nc(-c3cc4c(c5ccccc5n4-c4ccccc4)c4c3ccc3c5ccccc5oc34)n2)cc1. The van der Waals surface area contributed by atoms with Crippen molar-refractivity contribution in [1.82, 2.24) is 14.5 Å². The fourth-order valence-corrected chi connectivity index (χ4v) is 7.26. The molecule has 0 unspecified atom stereocenters. The normalized spacial score (nSPS) is 11.8. The molecular weight excluding hydrogens is 587 g/mol. The van der Waals surface area contributed by atoms with Crippen molar-refractivity contribution in [2.75, 3.05) is 0 Å². The third-order valence-electron chi connectivity index (χ3n) is 9.40. The highest BCUT2D eigenvalue weighted by molar-refractivity contribution is 6.31. The number of fused-ring (bicyclic) bond motifs is 9. The number of furan rings is 1. The molecule has 7 aromatic carbocycles. The third-order valence-corrected chi connectivity index (χ3v) is 9.40. The molecule has 0 bridgehead atoms. The summed E-state index contributed by atoms with van der Waals surface area (Å²) in [7, 11) is 0. The van der Waals surface area contributed by atoms with Gasteiger partial charge in [-0.05, 0) is 47.9 Å². The average molecular weight is 614 g/mol. The Morgan fingerprint density at radius 2 is 1.02 bits per heavy atom. The van der Waals surface area contributed by atoms with Crippen LogP contribution in [0.4, 0.5) is 0 Å². The van der Waals surface area contributed by atoms with Gasteiger partial charge in [-0.3, -0.25) is 0 Å². The second kappa shape index (κ2) is 10.5. The molecule has 0 saturated carbocycles. The maximum Gasteiger partial charge on any atom is 0.161 e. The summed E-state index contributed by atoms with van der Waals surface area (Å²) in [5.74, 6) is 0.669. The molecular formula is C44H27N3O. The van der Waals surface area contributed by atoms with Gasteiger partial charge in [-0.15, -0.1) is 0 Å². The molecule has 0 atom stereocenters. The van der Waals surface area contributed by atoms with E-state index in [1.54, 1.807) is 0 Å². The first-order chi connectivity index (χ1) is 23.8. The Balaban J connectivity index is 1.40. The predicted molar refractivity (Wildman–Crippen MR) is 197 cm³/mol. The largest absolute Gasteiger partial charge is 0.455 e. The van der Waals surface area contributed by atoms with Crippen LogP contribution in [-0.4, -0.2) is 14.5 Å². The number of hydrogen-bond acceptors (Lipinski definition) is 3. The lowest BCUT2D eigenvalue weighted by atomic mass is 9.96. The van der Waals surface area contributed by atoms with Gasteiger partial charge in [0.2, 0.25) is 0 Å². The van der Waals surface area contributed by atoms with Gasteiger partial charge < -0.3 is 8.98 Å². The first-order valence-electron chi connectivity index (χ1n) is 16.2. The summed E-state index contributed by atoms with van der Waals surface area (Å²) in [4.78, 5) is 10.6. The van der Waals surface area contributed by atoms with E-state index < -0.39 is 0 Å². The summed E-state index contributed by atoms with van der Waals surface area (Å²) in [5.41, 5.74) is 9.84. The zero-order valence-corrected chi connectivity index (χ0v) is 25.8. The molecule has 0 saturated heterocycles. The molecule has 0 N–H and O–H groups in total. The van der Waals surface area contributed by atoms with E-state index in [2.05, 4.69) is 144 Å². The fourth-order valence-electron chi connectivity index (χ4n) is 7.26. The summed E-state index contributed by atoms with van der Waals surface area (Å²) >= 11 is 0. The number of nitrogens with zero attached hydrogens (tertiary/aromatic N) is 3. The lowest BCUT2D eigenvalue weighted by Crippen LogP contribution is -1.98. The van der Waals surface area contributed by atoms with Gasteiger partial charge in [0, 0.05) is 49.3 Å². The van der Waals surface area contributed by atoms with Crippen molar-refractivity contribution in [3.63, 3.8) is 0 Å². The van der Waals surface area contributed by atoms with Crippen LogP contribution >= 0.6 is 0 Å². The van der Waals surface area contributed by atoms with Crippen LogP contribution in [0.5, 0.6) is 0 Å². The monoisotopic (exact) mass is 613 g/mol. The molecule has 4 nitrogen and oxygen atoms in total. The van der Waals surface area contributed by atoms with Crippen LogP contribution in [0.1, 0.15) is 0 Å². The summed E-state index contributed by atoms with van der Waals surface area (Å²) in [5, 5.41) is 6.64. The van der Waals surface area contributed by atoms with Gasteiger partial charge >= 0.3 is 0 Å². The van der Waals surface area contributed by atoms with E-state index in [4.69, 9.17) is 14.4 Å². The molecule has 0 radical (unpaired) electrons. The van der Waals surface area contributed by atoms with Gasteiger partial charge in [0.25, 0.3) is 0 Å². The first kappa shape index (κ1) is 26.7. The van der Waals surface area contributed by atoms with Crippen LogP contribution in [0.15, 0.2) is 168 Å². The Hall–Kier alpha value is -6.52. The molecule has 3 heterocycles. The molecule has 48 heavy (non-hydrogen) atoms. The minimum Gasteiger partial charge on any atom is -0.455 e. The molecule has 0 spiro atoms. The van der Waals surface area contributed by atoms with Crippen molar-refractivity contribution < 1.29 is 4.42 Å². The Bertz CT molecular complexity index is 2760. The molecule has 10 rings (SSSR count). The smallest absolute Gasteiger partial charge is 0.161 e. The standard InChI is InChI=1S/C44H27N3O/c1-4-14-28(15-5-1)36-27-37(29-16-6-2-7-17-29)46-44(45-36)35-26-39-41(34-21-10-12-22-38(34)47(39)30-18-8-3-9-19-30)42-32(35)24-25-33-31-20-11-13-23-40(31)48-43(33)42/h1-27H. The molecule has 3 aromatic heterocycles. The molecule has 224 valence electrons. The number of hydrogen-bond donors (Lipinski definition) is 0. The number of aromatic nitrogens is 3. The van der Waals surface area contributed by atoms with E-state index in [-0.39, 0.29) is 0 Å². The predicted octanol–water partition coefficient (Wildman–Crippen LogP) is 11.6. The Labute approximate surface area is 276 Å². The lowest BCUT2D eigenvalue weighted by molar-refractivity contribution is 0.673. The van der Waals surface area contributed by atoms with E-state index in [0.29, 0.717) is 5.82 Å². The van der Waals surface area contributed by atoms with Gasteiger partial charge in [0.05, 0.1) is 22.4 Å². The second-order valence-corrected chi connectivity index (χ2v) is 12.2. The fraction of sp³-hybridized carbons (Fsp3) is 0. The number of benzene rings is 7. The van der Waals surface area contributed by atoms with Crippen molar-refractivity contribution in [3.8, 4) is 39.6 Å². The van der Waals surface area contributed by atoms with Crippen LogP contribution in [0.2, 0.25) is 0 Å². The maximum atomic E-state index is 6.76. The Morgan fingerprint density at radius 3 is 1.73 bits per heavy atom. The van der Waals surface area contributed by atoms with Crippen LogP contribution in [0.25, 0.3) is 94.1 Å². The molecule has 0 aliphatic carbocycles. The van der Waals surface area contributed by atoms with Crippen molar-refractivity contribution >= 4 is 54.5 Å². The summed E-state index contributed by atoms with van der Waals surface area (Å²) < 4.78 is 9.12. The van der Waals surface area contributed by atoms with Gasteiger partial charge in [0.15, 0.2) is 5.82 Å². The van der Waals surface area contributed by atoms with Crippen LogP contribution in [0.3, 0.4) is 0 Å². The molecule has 4 heteroatoms. The minimum atomic E-state index is 0.669. The van der Waals surface area contributed by atoms with Gasteiger partial charge in [-0.25, -0.2) is 9.97 Å². The Kier molecular flexibility index (Phi) is 5.84. The van der Waals surface area contributed by atoms with E-state index in [0.717, 1.165) is 82.9 Å². The van der Waals surface area contributed by atoms with E-state index >= 15 is 0 Å². The third kappa shape index (κ3) is 4.03. The lowest BCUT2D eigenvalue weighted by Gasteiger charge is -2.14. The van der Waals surface area contributed by atoms with Crippen molar-refractivity contribution in [3.05, 3.63) is 164 Å². The van der Waals surface area contributed by atoms with Gasteiger partial charge in [-0.2, -0.15) is 0 Å². The van der Waals surface area contributed by atoms with Crippen molar-refractivity contribution in [2.45, 2.75) is 0 Å². The van der Waals surface area contributed by atoms with Gasteiger partial charge in [0.1, 0.15) is 11.2 Å². The quantitative estimate of drug-likeness (QED) is 0.198. The Morgan fingerprint density at radius 1 is 0.438 bits per heavy atom. The van der Waals surface area contributed by atoms with Gasteiger partial charge in [-0.1, -0.05) is 121 Å². The first-order valence-corrected chi connectivity index (χ1v) is 16.2. The number of rotatable bonds is 4. The highest BCUT2D eigenvalue weighted by Gasteiger charge is 2.23. The van der Waals surface area contributed by atoms with Crippen LogP contribution < -0.4 is 0 Å². The van der Waals surface area contributed by atoms with E-state index in [9.17, 15) is 0 Å². The van der Waals surface area contributed by atoms with Crippen LogP contribution in [0, 0.1) is 0 Å². The maximum absolute atomic E-state index is 6.76. The summed E-state index contributed by atoms with van der Waals surface area (Å²) in [6, 6.07) is 57.0. The second-order valence-electron chi connectivity index (χ2n) is 12.2. The summed E-state index contributed by atoms with van der Waals surface area (Å²) in [6.45, 7) is 0. The average Bonchev–Trinajstić information content (AvgIpc) is 3.71. The van der Waals surface area contributed by atoms with Crippen molar-refractivity contribution in [2.24, 2.45) is 0 Å². The topological polar surface area (TPSA) is 43.9 Å². The molecule has 0 aliphatic rings. The summed E-state index contributed by atoms with van der Waals surface area (Å²) in [6.07, 6.45) is 0.